The highest BCUT2D eigenvalue weighted by molar-refractivity contribution is 6.48. The van der Waals surface area contributed by atoms with Crippen LogP contribution < -0.4 is 10.6 Å². The first-order valence-electron chi connectivity index (χ1n) is 21.9. The summed E-state index contributed by atoms with van der Waals surface area (Å²) in [6, 6.07) is 28.9. The summed E-state index contributed by atoms with van der Waals surface area (Å²) in [4.78, 5) is 50.5. The van der Waals surface area contributed by atoms with Gasteiger partial charge in [-0.25, -0.2) is 0 Å². The molecule has 2 aliphatic rings. The van der Waals surface area contributed by atoms with Crippen LogP contribution in [-0.4, -0.2) is 62.4 Å². The lowest BCUT2D eigenvalue weighted by Crippen LogP contribution is -2.31. The van der Waals surface area contributed by atoms with Gasteiger partial charge in [-0.15, -0.1) is 0 Å². The molecule has 2 aliphatic heterocycles. The van der Waals surface area contributed by atoms with E-state index < -0.39 is 42.3 Å². The van der Waals surface area contributed by atoms with Crippen molar-refractivity contribution < 1.29 is 47.7 Å². The average molecular weight is 941 g/mol. The number of ether oxygens (including phenoxy) is 2. The summed E-state index contributed by atoms with van der Waals surface area (Å²) in [5, 5.41) is 31.3. The number of aryl methyl sites for hydroxylation is 2. The Morgan fingerprint density at radius 3 is 1.51 bits per heavy atom. The van der Waals surface area contributed by atoms with Gasteiger partial charge in [0, 0.05) is 21.7 Å². The van der Waals surface area contributed by atoms with Crippen molar-refractivity contribution in [2.24, 2.45) is 0 Å². The Hall–Kier alpha value is -7.07. The van der Waals surface area contributed by atoms with Gasteiger partial charge in [-0.05, 0) is 95.8 Å². The van der Waals surface area contributed by atoms with Gasteiger partial charge in [0.1, 0.15) is 23.3 Å². The Morgan fingerprint density at radius 1 is 0.632 bits per heavy atom. The molecule has 68 heavy (non-hydrogen) atoms. The predicted octanol–water partition coefficient (Wildman–Crippen LogP) is 9.87. The second-order valence-electron chi connectivity index (χ2n) is 18.1. The number of hydrogen-bond acceptors (Lipinski definition) is 12. The Bertz CT molecular complexity index is 2820. The van der Waals surface area contributed by atoms with Gasteiger partial charge in [0.25, 0.3) is 11.8 Å². The fourth-order valence-electron chi connectivity index (χ4n) is 7.41. The number of nitrogens with zero attached hydrogens (tertiary/aromatic N) is 2. The van der Waals surface area contributed by atoms with Crippen LogP contribution in [0.25, 0.3) is 40.5 Å². The van der Waals surface area contributed by atoms with Crippen LogP contribution in [0.1, 0.15) is 127 Å². The second-order valence-corrected chi connectivity index (χ2v) is 18.5. The van der Waals surface area contributed by atoms with Gasteiger partial charge in [-0.2, -0.15) is 0 Å². The van der Waals surface area contributed by atoms with Gasteiger partial charge in [-0.3, -0.25) is 19.2 Å². The number of nitrogens with one attached hydrogen (secondary N) is 2. The highest BCUT2D eigenvalue weighted by Crippen LogP contribution is 2.40. The molecule has 0 spiro atoms. The lowest BCUT2D eigenvalue weighted by atomic mass is 9.91. The number of benzene rings is 4. The van der Waals surface area contributed by atoms with Gasteiger partial charge in [0.2, 0.25) is 0 Å². The first kappa shape index (κ1) is 50.3. The van der Waals surface area contributed by atoms with Crippen molar-refractivity contribution in [2.75, 3.05) is 0 Å². The number of esters is 2. The summed E-state index contributed by atoms with van der Waals surface area (Å²) in [5.41, 5.74) is 6.81. The highest BCUT2D eigenvalue weighted by Gasteiger charge is 2.36. The minimum absolute atomic E-state index is 0.0423. The molecule has 0 unspecified atom stereocenters. The van der Waals surface area contributed by atoms with E-state index in [1.165, 1.54) is 5.98 Å². The van der Waals surface area contributed by atoms with Crippen LogP contribution in [0.2, 0.25) is 5.02 Å². The molecule has 0 saturated carbocycles. The normalized spacial score (nSPS) is 15.1. The number of carbonyl (C=O) groups excluding carboxylic acids is 4. The lowest BCUT2D eigenvalue weighted by molar-refractivity contribution is -0.156. The maximum absolute atomic E-state index is 13.1. The number of carbonyl (C=O) groups is 4. The van der Waals surface area contributed by atoms with Crippen LogP contribution in [0.3, 0.4) is 0 Å². The van der Waals surface area contributed by atoms with Crippen molar-refractivity contribution in [3.8, 4) is 22.3 Å². The summed E-state index contributed by atoms with van der Waals surface area (Å²) >= 11 is 6.04. The molecule has 4 heterocycles. The minimum Gasteiger partial charge on any atom is -0.460 e. The number of amides is 2. The molecule has 2 aromatic heterocycles. The summed E-state index contributed by atoms with van der Waals surface area (Å²) in [5.74, 6) is 0.786. The molecule has 2 amide bonds. The predicted molar refractivity (Wildman–Crippen MR) is 261 cm³/mol. The molecule has 16 heteroatoms. The standard InChI is InChI=1S/C26H26N2O4.C18H19ClN2O4.C8H9BO2/c1-16-23-19-13-12-18(11-10-17-8-6-5-7-9-17)14-20(19)25(30)27-21(24(23)32-28-16)15-22(29)31-26(2,3)4;1-9-15-11-6-5-10(19)7-12(11)17(23)20-13(16(15)25-21-9)8-14(22)24-18(2,3)4;10-9(11)7-6-8-4-2-1-3-5-8/h5-14,21H,15H2,1-4H3,(H,27,30);5-7,13H,8H2,1-4H3,(H,20,23);1-7,10-11H/b11-10+;;7-6+/t21-;13-;/m00./s1. The summed E-state index contributed by atoms with van der Waals surface area (Å²) in [6.45, 7) is 14.4. The Balaban J connectivity index is 0.000000187. The van der Waals surface area contributed by atoms with Crippen LogP contribution in [0.5, 0.6) is 0 Å². The molecule has 4 aromatic carbocycles. The lowest BCUT2D eigenvalue weighted by Gasteiger charge is -2.21. The van der Waals surface area contributed by atoms with Crippen LogP contribution in [-0.2, 0) is 19.1 Å². The van der Waals surface area contributed by atoms with E-state index in [9.17, 15) is 19.2 Å². The largest absolute Gasteiger partial charge is 0.480 e. The summed E-state index contributed by atoms with van der Waals surface area (Å²) < 4.78 is 21.8. The van der Waals surface area contributed by atoms with Crippen molar-refractivity contribution in [3.63, 3.8) is 0 Å². The number of rotatable bonds is 8. The Morgan fingerprint density at radius 2 is 1.06 bits per heavy atom. The number of halogens is 1. The van der Waals surface area contributed by atoms with Crippen molar-refractivity contribution in [1.29, 1.82) is 0 Å². The molecule has 0 bridgehead atoms. The maximum atomic E-state index is 13.1. The third kappa shape index (κ3) is 13.5. The minimum atomic E-state index is -1.37. The van der Waals surface area contributed by atoms with Crippen LogP contribution in [0, 0.1) is 13.8 Å². The molecule has 8 rings (SSSR count). The van der Waals surface area contributed by atoms with Crippen molar-refractivity contribution in [3.05, 3.63) is 159 Å². The third-order valence-corrected chi connectivity index (χ3v) is 10.4. The first-order valence-corrected chi connectivity index (χ1v) is 22.3. The van der Waals surface area contributed by atoms with Crippen molar-refractivity contribution >= 4 is 60.7 Å². The molecule has 4 N–H and O–H groups in total. The van der Waals surface area contributed by atoms with Gasteiger partial charge in [0.15, 0.2) is 11.5 Å². The number of hydrogen-bond donors (Lipinski definition) is 4. The molecular weight excluding hydrogens is 887 g/mol. The Kier molecular flexibility index (Phi) is 16.1. The third-order valence-electron chi connectivity index (χ3n) is 10.2. The smallest absolute Gasteiger partial charge is 0.460 e. The zero-order valence-corrected chi connectivity index (χ0v) is 39.9. The molecule has 0 radical (unpaired) electrons. The monoisotopic (exact) mass is 940 g/mol. The molecule has 14 nitrogen and oxygen atoms in total. The van der Waals surface area contributed by atoms with Gasteiger partial charge >= 0.3 is 19.1 Å². The second kappa shape index (κ2) is 21.7. The Labute approximate surface area is 400 Å². The maximum Gasteiger partial charge on any atom is 0.480 e. The van der Waals surface area contributed by atoms with Crippen LogP contribution >= 0.6 is 11.6 Å². The highest BCUT2D eigenvalue weighted by atomic mass is 35.5. The SMILES string of the molecule is Cc1noc2c1-c1ccc(/C=C/c3ccccc3)cc1C(=O)N[C@H]2CC(=O)OC(C)(C)C.Cc1noc2c1-c1ccc(Cl)cc1C(=O)N[C@H]2CC(=O)OC(C)(C)C.OB(O)/C=C/c1ccccc1. The van der Waals surface area contributed by atoms with E-state index in [-0.39, 0.29) is 24.7 Å². The zero-order valence-electron chi connectivity index (χ0n) is 39.1. The molecule has 0 fully saturated rings. The van der Waals surface area contributed by atoms with E-state index in [4.69, 9.17) is 40.2 Å². The van der Waals surface area contributed by atoms with Gasteiger partial charge < -0.3 is 39.2 Å². The molecular formula is C52H54BClN4O10. The van der Waals surface area contributed by atoms with Crippen molar-refractivity contribution in [1.82, 2.24) is 20.9 Å². The number of fused-ring (bicyclic) bond motifs is 6. The molecule has 352 valence electrons. The zero-order chi connectivity index (χ0) is 49.3. The van der Waals surface area contributed by atoms with Crippen LogP contribution in [0.4, 0.5) is 0 Å². The van der Waals surface area contributed by atoms with Crippen LogP contribution in [0.15, 0.2) is 112 Å². The summed E-state index contributed by atoms with van der Waals surface area (Å²) in [7, 11) is -1.37. The first-order chi connectivity index (χ1) is 32.2. The average Bonchev–Trinajstić information content (AvgIpc) is 3.79. The number of aromatic nitrogens is 2. The topological polar surface area (TPSA) is 203 Å². The molecule has 0 aliphatic carbocycles. The van der Waals surface area contributed by atoms with E-state index in [2.05, 4.69) is 20.9 Å². The molecule has 2 atom stereocenters. The molecule has 0 saturated heterocycles. The van der Waals surface area contributed by atoms with E-state index >= 15 is 0 Å². The van der Waals surface area contributed by atoms with Gasteiger partial charge in [0.05, 0.1) is 35.4 Å². The van der Waals surface area contributed by atoms with E-state index in [0.717, 1.165) is 27.8 Å². The summed E-state index contributed by atoms with van der Waals surface area (Å²) in [6.07, 6.45) is 5.53. The van der Waals surface area contributed by atoms with E-state index in [1.54, 1.807) is 72.7 Å². The van der Waals surface area contributed by atoms with Crippen molar-refractivity contribution in [2.45, 2.75) is 91.5 Å². The van der Waals surface area contributed by atoms with E-state index in [0.29, 0.717) is 50.2 Å². The quantitative estimate of drug-likeness (QED) is 0.0640. The van der Waals surface area contributed by atoms with Gasteiger partial charge in [-0.1, -0.05) is 125 Å². The fourth-order valence-corrected chi connectivity index (χ4v) is 7.58. The van der Waals surface area contributed by atoms with E-state index in [1.807, 2.05) is 97.9 Å². The molecule has 6 aromatic rings. The fraction of sp³-hybridized carbons (Fsp3) is 0.269.